The molecule has 0 radical (unpaired) electrons. The topological polar surface area (TPSA) is 163 Å². The molecule has 0 aliphatic carbocycles. The number of anilines is 1. The highest BCUT2D eigenvalue weighted by Gasteiger charge is 2.36. The van der Waals surface area contributed by atoms with Gasteiger partial charge in [-0.3, -0.25) is 9.78 Å². The van der Waals surface area contributed by atoms with Gasteiger partial charge in [0.25, 0.3) is 5.91 Å². The molecular formula is C23H25N7O5. The molecule has 1 aliphatic heterocycles. The van der Waals surface area contributed by atoms with Gasteiger partial charge in [0.15, 0.2) is 0 Å². The Hall–Kier alpha value is -4.32. The zero-order valence-corrected chi connectivity index (χ0v) is 19.0. The van der Waals surface area contributed by atoms with E-state index in [1.165, 1.54) is 28.0 Å². The van der Waals surface area contributed by atoms with Gasteiger partial charge in [-0.15, -0.1) is 5.10 Å². The number of likely N-dealkylation sites (tertiary alicyclic amines) is 1. The number of aryl methyl sites for hydroxylation is 1. The van der Waals surface area contributed by atoms with Crippen molar-refractivity contribution in [3.05, 3.63) is 65.7 Å². The Morgan fingerprint density at radius 1 is 1.23 bits per heavy atom. The number of aliphatic hydroxyl groups is 1. The van der Waals surface area contributed by atoms with E-state index in [1.54, 1.807) is 12.3 Å². The molecule has 2 aromatic heterocycles. The normalized spacial score (nSPS) is 17.6. The van der Waals surface area contributed by atoms with Gasteiger partial charge in [0.2, 0.25) is 0 Å². The lowest BCUT2D eigenvalue weighted by molar-refractivity contribution is -0.145. The lowest BCUT2D eigenvalue weighted by Gasteiger charge is -2.35. The van der Waals surface area contributed by atoms with Crippen LogP contribution in [-0.2, 0) is 11.3 Å². The molecule has 1 fully saturated rings. The number of carbonyl (C=O) groups is 3. The van der Waals surface area contributed by atoms with Crippen LogP contribution in [0.5, 0.6) is 0 Å². The van der Waals surface area contributed by atoms with Crippen molar-refractivity contribution >= 4 is 23.6 Å². The number of aromatic nitrogens is 4. The van der Waals surface area contributed by atoms with Crippen molar-refractivity contribution in [1.82, 2.24) is 30.2 Å². The van der Waals surface area contributed by atoms with E-state index in [0.717, 1.165) is 5.56 Å². The minimum absolute atomic E-state index is 0.0365. The van der Waals surface area contributed by atoms with Crippen LogP contribution in [0.25, 0.3) is 5.69 Å². The zero-order chi connectivity index (χ0) is 24.9. The van der Waals surface area contributed by atoms with Crippen molar-refractivity contribution in [1.29, 1.82) is 0 Å². The number of hydrogen-bond donors (Lipinski definition) is 4. The monoisotopic (exact) mass is 479 g/mol. The Labute approximate surface area is 200 Å². The Bertz CT molecular complexity index is 1240. The maximum Gasteiger partial charge on any atom is 0.326 e. The lowest BCUT2D eigenvalue weighted by Crippen LogP contribution is -2.51. The summed E-state index contributed by atoms with van der Waals surface area (Å²) in [6, 6.07) is 7.33. The van der Waals surface area contributed by atoms with Crippen LogP contribution in [-0.4, -0.2) is 71.7 Å². The number of benzene rings is 1. The summed E-state index contributed by atoms with van der Waals surface area (Å²) in [6.07, 6.45) is 3.89. The molecule has 4 rings (SSSR count). The Balaban J connectivity index is 1.46. The molecule has 0 spiro atoms. The Morgan fingerprint density at radius 2 is 2.06 bits per heavy atom. The molecule has 12 nitrogen and oxygen atoms in total. The lowest BCUT2D eigenvalue weighted by atomic mass is 9.98. The third kappa shape index (κ3) is 5.61. The van der Waals surface area contributed by atoms with Crippen LogP contribution in [0.2, 0.25) is 0 Å². The summed E-state index contributed by atoms with van der Waals surface area (Å²) in [7, 11) is 0. The van der Waals surface area contributed by atoms with E-state index in [9.17, 15) is 24.6 Å². The fourth-order valence-electron chi connectivity index (χ4n) is 3.89. The van der Waals surface area contributed by atoms with Crippen LogP contribution in [0.15, 0.2) is 48.9 Å². The predicted octanol–water partition coefficient (Wildman–Crippen LogP) is 1.34. The number of piperidine rings is 1. The van der Waals surface area contributed by atoms with Crippen molar-refractivity contribution in [2.24, 2.45) is 0 Å². The van der Waals surface area contributed by atoms with E-state index < -0.39 is 30.1 Å². The van der Waals surface area contributed by atoms with Gasteiger partial charge in [-0.25, -0.2) is 14.3 Å². The smallest absolute Gasteiger partial charge is 0.326 e. The van der Waals surface area contributed by atoms with Gasteiger partial charge in [-0.1, -0.05) is 17.3 Å². The standard InChI is InChI=1S/C23H25N7O5/c1-14-3-2-4-15(9-14)26-23(35)25-11-16-13-30(28-27-16)20-12-24-7-5-18(20)21(32)29-8-6-17(31)10-19(29)22(33)34/h2-5,7,9,12-13,17,19,31H,6,8,10-11H2,1H3,(H,33,34)(H2,25,26,35)/t17-,19+/m1/s1. The highest BCUT2D eigenvalue weighted by atomic mass is 16.4. The van der Waals surface area contributed by atoms with E-state index in [1.807, 2.05) is 25.1 Å². The van der Waals surface area contributed by atoms with Crippen LogP contribution in [0.1, 0.15) is 34.5 Å². The van der Waals surface area contributed by atoms with Crippen LogP contribution in [0.3, 0.4) is 0 Å². The molecule has 0 bridgehead atoms. The summed E-state index contributed by atoms with van der Waals surface area (Å²) in [5.41, 5.74) is 2.63. The molecule has 2 atom stereocenters. The first kappa shape index (κ1) is 23.8. The highest BCUT2D eigenvalue weighted by molar-refractivity contribution is 5.99. The van der Waals surface area contributed by atoms with Crippen molar-refractivity contribution in [3.63, 3.8) is 0 Å². The summed E-state index contributed by atoms with van der Waals surface area (Å²) in [4.78, 5) is 42.4. The number of carboxylic acids is 1. The first-order valence-corrected chi connectivity index (χ1v) is 11.0. The Morgan fingerprint density at radius 3 is 2.83 bits per heavy atom. The third-order valence-corrected chi connectivity index (χ3v) is 5.64. The summed E-state index contributed by atoms with van der Waals surface area (Å²) >= 11 is 0. The van der Waals surface area contributed by atoms with Crippen molar-refractivity contribution in [2.75, 3.05) is 11.9 Å². The molecule has 3 amide bonds. The zero-order valence-electron chi connectivity index (χ0n) is 19.0. The number of nitrogens with one attached hydrogen (secondary N) is 2. The number of urea groups is 1. The largest absolute Gasteiger partial charge is 0.480 e. The van der Waals surface area contributed by atoms with Gasteiger partial charge in [0.1, 0.15) is 11.7 Å². The number of carbonyl (C=O) groups excluding carboxylic acids is 2. The number of amides is 3. The minimum atomic E-state index is -1.18. The summed E-state index contributed by atoms with van der Waals surface area (Å²) in [6.45, 7) is 2.13. The van der Waals surface area contributed by atoms with Gasteiger partial charge < -0.3 is 25.7 Å². The van der Waals surface area contributed by atoms with Crippen LogP contribution < -0.4 is 10.6 Å². The second kappa shape index (κ2) is 10.3. The SMILES string of the molecule is Cc1cccc(NC(=O)NCc2cn(-c3cnccc3C(=O)N3CC[C@@H](O)C[C@H]3C(=O)O)nn2)c1. The van der Waals surface area contributed by atoms with E-state index >= 15 is 0 Å². The van der Waals surface area contributed by atoms with Gasteiger partial charge in [0.05, 0.1) is 36.3 Å². The van der Waals surface area contributed by atoms with E-state index in [-0.39, 0.29) is 25.1 Å². The van der Waals surface area contributed by atoms with E-state index in [0.29, 0.717) is 23.5 Å². The maximum absolute atomic E-state index is 13.3. The molecule has 0 saturated carbocycles. The molecule has 1 aromatic carbocycles. The van der Waals surface area contributed by atoms with E-state index in [2.05, 4.69) is 25.9 Å². The second-order valence-electron chi connectivity index (χ2n) is 8.26. The van der Waals surface area contributed by atoms with Crippen LogP contribution in [0, 0.1) is 6.92 Å². The van der Waals surface area contributed by atoms with Gasteiger partial charge in [0, 0.05) is 24.8 Å². The second-order valence-corrected chi connectivity index (χ2v) is 8.26. The first-order valence-electron chi connectivity index (χ1n) is 11.0. The number of carboxylic acid groups (broad SMARTS) is 1. The molecule has 4 N–H and O–H groups in total. The fourth-order valence-corrected chi connectivity index (χ4v) is 3.89. The number of rotatable bonds is 6. The van der Waals surface area contributed by atoms with Gasteiger partial charge in [-0.05, 0) is 37.1 Å². The first-order chi connectivity index (χ1) is 16.8. The van der Waals surface area contributed by atoms with E-state index in [4.69, 9.17) is 0 Å². The summed E-state index contributed by atoms with van der Waals surface area (Å²) < 4.78 is 1.35. The van der Waals surface area contributed by atoms with Crippen LogP contribution >= 0.6 is 0 Å². The Kier molecular flexibility index (Phi) is 7.01. The molecule has 1 saturated heterocycles. The minimum Gasteiger partial charge on any atom is -0.480 e. The fraction of sp³-hybridized carbons (Fsp3) is 0.304. The summed E-state index contributed by atoms with van der Waals surface area (Å²) in [5.74, 6) is -1.68. The maximum atomic E-state index is 13.3. The number of aliphatic hydroxyl groups excluding tert-OH is 1. The molecule has 3 heterocycles. The molecule has 35 heavy (non-hydrogen) atoms. The third-order valence-electron chi connectivity index (χ3n) is 5.64. The average Bonchev–Trinajstić information content (AvgIpc) is 3.31. The molecule has 0 unspecified atom stereocenters. The molecule has 12 heteroatoms. The molecule has 182 valence electrons. The van der Waals surface area contributed by atoms with Crippen molar-refractivity contribution in [3.8, 4) is 5.69 Å². The predicted molar refractivity (Wildman–Crippen MR) is 124 cm³/mol. The number of pyridine rings is 1. The van der Waals surface area contributed by atoms with Crippen molar-refractivity contribution in [2.45, 2.75) is 38.5 Å². The quantitative estimate of drug-likeness (QED) is 0.412. The number of nitrogens with zero attached hydrogens (tertiary/aromatic N) is 5. The number of aliphatic carboxylic acids is 1. The molecule has 1 aliphatic rings. The highest BCUT2D eigenvalue weighted by Crippen LogP contribution is 2.23. The van der Waals surface area contributed by atoms with Gasteiger partial charge in [-0.2, -0.15) is 0 Å². The van der Waals surface area contributed by atoms with Crippen LogP contribution in [0.4, 0.5) is 10.5 Å². The molecule has 3 aromatic rings. The van der Waals surface area contributed by atoms with Gasteiger partial charge >= 0.3 is 12.0 Å². The number of hydrogen-bond acceptors (Lipinski definition) is 7. The summed E-state index contributed by atoms with van der Waals surface area (Å²) in [5, 5.41) is 32.9. The average molecular weight is 479 g/mol. The van der Waals surface area contributed by atoms with Crippen molar-refractivity contribution < 1.29 is 24.6 Å². The molecular weight excluding hydrogens is 454 g/mol.